The van der Waals surface area contributed by atoms with Crippen LogP contribution in [0.2, 0.25) is 0 Å². The third-order valence-electron chi connectivity index (χ3n) is 10.2. The molecule has 2 aliphatic heterocycles. The van der Waals surface area contributed by atoms with Crippen molar-refractivity contribution in [3.63, 3.8) is 0 Å². The predicted octanol–water partition coefficient (Wildman–Crippen LogP) is 7.48. The topological polar surface area (TPSA) is 221 Å². The molecule has 18 nitrogen and oxygen atoms in total. The Labute approximate surface area is 428 Å². The monoisotopic (exact) mass is 1210 g/mol. The third kappa shape index (κ3) is 14.5. The Morgan fingerprint density at radius 1 is 0.406 bits per heavy atom. The van der Waals surface area contributed by atoms with E-state index in [0.717, 1.165) is 20.8 Å². The molecule has 0 aliphatic carbocycles. The van der Waals surface area contributed by atoms with Gasteiger partial charge in [0.15, 0.2) is 49.2 Å². The lowest BCUT2D eigenvalue weighted by atomic mass is 9.97. The molecule has 0 spiro atoms. The number of rotatable bonds is 16. The average molecular weight is 1210 g/mol. The SMILES string of the molecule is CO[C@H]1O[C@H](CO[C@@H]2O[C@H](COC(=O)c3ccc(Br)cc3)[C@@H](OC(=O)c3ccc(Br)cc3)[C@H](OC(=O)c3ccc(Br)cc3)[C@H]2OC(=O)c2ccc(Br)cc2)[C@@H](OC(C)=O)[C@H](OC(C)=O)[C@H]1OC(C)=O. The molecule has 0 saturated carbocycles. The fraction of sp³-hybridized carbons (Fsp3) is 0.340. The fourth-order valence-electron chi connectivity index (χ4n) is 7.08. The molecule has 2 heterocycles. The van der Waals surface area contributed by atoms with Gasteiger partial charge in [0.2, 0.25) is 0 Å². The van der Waals surface area contributed by atoms with Crippen LogP contribution in [0, 0.1) is 0 Å². The zero-order valence-electron chi connectivity index (χ0n) is 36.8. The lowest BCUT2D eigenvalue weighted by molar-refractivity contribution is -0.329. The average Bonchev–Trinajstić information content (AvgIpc) is 3.30. The molecule has 4 aromatic carbocycles. The summed E-state index contributed by atoms with van der Waals surface area (Å²) in [6.07, 6.45) is -16.1. The van der Waals surface area contributed by atoms with Crippen molar-refractivity contribution in [2.24, 2.45) is 0 Å². The van der Waals surface area contributed by atoms with Crippen molar-refractivity contribution in [2.45, 2.75) is 82.2 Å². The van der Waals surface area contributed by atoms with Crippen LogP contribution >= 0.6 is 63.7 Å². The molecule has 0 aromatic heterocycles. The van der Waals surface area contributed by atoms with Crippen LogP contribution in [-0.4, -0.2) is 124 Å². The first kappa shape index (κ1) is 53.3. The first-order valence-electron chi connectivity index (χ1n) is 20.7. The van der Waals surface area contributed by atoms with Gasteiger partial charge >= 0.3 is 41.8 Å². The summed E-state index contributed by atoms with van der Waals surface area (Å²) in [6, 6.07) is 24.5. The van der Waals surface area contributed by atoms with E-state index in [9.17, 15) is 33.6 Å². The van der Waals surface area contributed by atoms with E-state index in [1.54, 1.807) is 48.5 Å². The first-order chi connectivity index (χ1) is 32.9. The molecule has 10 atom stereocenters. The summed E-state index contributed by atoms with van der Waals surface area (Å²) >= 11 is 13.4. The molecule has 2 saturated heterocycles. The highest BCUT2D eigenvalue weighted by molar-refractivity contribution is 9.11. The quantitative estimate of drug-likeness (QED) is 0.0784. The summed E-state index contributed by atoms with van der Waals surface area (Å²) in [7, 11) is 1.22. The van der Waals surface area contributed by atoms with Gasteiger partial charge in [0.1, 0.15) is 18.8 Å². The van der Waals surface area contributed by atoms with Gasteiger partial charge in [0, 0.05) is 45.8 Å². The minimum atomic E-state index is -1.83. The number of methoxy groups -OCH3 is 1. The van der Waals surface area contributed by atoms with E-state index in [-0.39, 0.29) is 22.3 Å². The highest BCUT2D eigenvalue weighted by atomic mass is 79.9. The molecule has 0 bridgehead atoms. The molecular formula is C47H42Br4O18. The molecule has 0 radical (unpaired) electrons. The van der Waals surface area contributed by atoms with E-state index < -0.39 is 116 Å². The predicted molar refractivity (Wildman–Crippen MR) is 251 cm³/mol. The number of carbonyl (C=O) groups excluding carboxylic acids is 7. The molecule has 2 aliphatic rings. The van der Waals surface area contributed by atoms with Gasteiger partial charge in [0.05, 0.1) is 28.9 Å². The van der Waals surface area contributed by atoms with Crippen LogP contribution in [0.5, 0.6) is 0 Å². The van der Waals surface area contributed by atoms with E-state index in [4.69, 9.17) is 52.1 Å². The van der Waals surface area contributed by atoms with Crippen molar-refractivity contribution in [1.29, 1.82) is 0 Å². The first-order valence-corrected chi connectivity index (χ1v) is 23.9. The maximum absolute atomic E-state index is 14.2. The number of carbonyl (C=O) groups is 7. The third-order valence-corrected chi connectivity index (χ3v) is 12.3. The van der Waals surface area contributed by atoms with E-state index >= 15 is 0 Å². The van der Waals surface area contributed by atoms with Gasteiger partial charge in [-0.05, 0) is 97.1 Å². The standard InChI is InChI=1S/C47H42Br4O18/c1-23(52)62-36-35(65-46(59-4)40(64-25(3)54)38(36)63-24(2)53)22-61-47-41(69-45(58)29-11-19-33(51)20-12-29)39(68-44(57)28-9-17-32(50)18-10-28)37(67-43(56)27-7-15-31(49)16-8-27)34(66-47)21-60-42(55)26-5-13-30(48)14-6-26/h5-20,34-41,46-47H,21-22H2,1-4H3/t34-,35-,36-,37-,38+,39+,40-,41-,46+,47-/m1/s1. The molecule has 0 amide bonds. The number of hydrogen-bond acceptors (Lipinski definition) is 18. The minimum absolute atomic E-state index is 0.0260. The van der Waals surface area contributed by atoms with Crippen molar-refractivity contribution >= 4 is 106 Å². The normalized spacial score (nSPS) is 24.2. The Balaban J connectivity index is 1.45. The van der Waals surface area contributed by atoms with Gasteiger partial charge in [-0.1, -0.05) is 63.7 Å². The summed E-state index contributed by atoms with van der Waals surface area (Å²) in [5, 5.41) is 0. The van der Waals surface area contributed by atoms with Gasteiger partial charge in [0.25, 0.3) is 0 Å². The summed E-state index contributed by atoms with van der Waals surface area (Å²) in [6.45, 7) is 1.92. The molecule has 0 N–H and O–H groups in total. The van der Waals surface area contributed by atoms with Crippen LogP contribution in [0.25, 0.3) is 0 Å². The van der Waals surface area contributed by atoms with Crippen molar-refractivity contribution < 1.29 is 85.7 Å². The summed E-state index contributed by atoms with van der Waals surface area (Å²) in [5.41, 5.74) is 0.244. The molecule has 69 heavy (non-hydrogen) atoms. The van der Waals surface area contributed by atoms with Crippen LogP contribution < -0.4 is 0 Å². The summed E-state index contributed by atoms with van der Waals surface area (Å²) < 4.78 is 67.8. The van der Waals surface area contributed by atoms with E-state index in [0.29, 0.717) is 17.9 Å². The smallest absolute Gasteiger partial charge is 0.338 e. The van der Waals surface area contributed by atoms with Crippen molar-refractivity contribution in [2.75, 3.05) is 20.3 Å². The summed E-state index contributed by atoms with van der Waals surface area (Å²) in [4.78, 5) is 93.2. The molecule has 22 heteroatoms. The van der Waals surface area contributed by atoms with Crippen LogP contribution in [0.1, 0.15) is 62.2 Å². The Morgan fingerprint density at radius 2 is 0.710 bits per heavy atom. The van der Waals surface area contributed by atoms with Crippen molar-refractivity contribution in [3.05, 3.63) is 137 Å². The maximum Gasteiger partial charge on any atom is 0.338 e. The molecule has 366 valence electrons. The van der Waals surface area contributed by atoms with Gasteiger partial charge in [-0.3, -0.25) is 14.4 Å². The Bertz CT molecular complexity index is 2470. The molecule has 0 unspecified atom stereocenters. The largest absolute Gasteiger partial charge is 0.459 e. The van der Waals surface area contributed by atoms with Crippen LogP contribution in [0.3, 0.4) is 0 Å². The van der Waals surface area contributed by atoms with Gasteiger partial charge < -0.3 is 52.1 Å². The maximum atomic E-state index is 14.2. The second-order valence-corrected chi connectivity index (χ2v) is 18.8. The Hall–Kier alpha value is -5.07. The zero-order valence-corrected chi connectivity index (χ0v) is 43.1. The highest BCUT2D eigenvalue weighted by Crippen LogP contribution is 2.35. The zero-order chi connectivity index (χ0) is 49.9. The minimum Gasteiger partial charge on any atom is -0.459 e. The number of ether oxygens (including phenoxy) is 11. The van der Waals surface area contributed by atoms with E-state index in [2.05, 4.69) is 63.7 Å². The number of esters is 7. The number of halogens is 4. The molecule has 6 rings (SSSR count). The number of benzene rings is 4. The number of hydrogen-bond donors (Lipinski definition) is 0. The lowest BCUT2D eigenvalue weighted by Crippen LogP contribution is -2.65. The van der Waals surface area contributed by atoms with E-state index in [1.807, 2.05) is 0 Å². The molecule has 4 aromatic rings. The second-order valence-electron chi connectivity index (χ2n) is 15.1. The molecule has 2 fully saturated rings. The van der Waals surface area contributed by atoms with Gasteiger partial charge in [-0.2, -0.15) is 0 Å². The Morgan fingerprint density at radius 3 is 1.13 bits per heavy atom. The van der Waals surface area contributed by atoms with Crippen LogP contribution in [0.4, 0.5) is 0 Å². The van der Waals surface area contributed by atoms with Crippen molar-refractivity contribution in [3.8, 4) is 0 Å². The van der Waals surface area contributed by atoms with Crippen LogP contribution in [-0.2, 0) is 66.5 Å². The van der Waals surface area contributed by atoms with Gasteiger partial charge in [-0.25, -0.2) is 19.2 Å². The second kappa shape index (κ2) is 24.7. The summed E-state index contributed by atoms with van der Waals surface area (Å²) in [5.74, 6) is -6.22. The lowest BCUT2D eigenvalue weighted by Gasteiger charge is -2.46. The van der Waals surface area contributed by atoms with E-state index in [1.165, 1.54) is 55.6 Å². The van der Waals surface area contributed by atoms with Crippen molar-refractivity contribution in [1.82, 2.24) is 0 Å². The van der Waals surface area contributed by atoms with Gasteiger partial charge in [-0.15, -0.1) is 0 Å². The Kier molecular flexibility index (Phi) is 19.0. The fourth-order valence-corrected chi connectivity index (χ4v) is 8.13. The van der Waals surface area contributed by atoms with Crippen LogP contribution in [0.15, 0.2) is 115 Å². The highest BCUT2D eigenvalue weighted by Gasteiger charge is 2.56. The molecular weight excluding hydrogens is 1170 g/mol.